The van der Waals surface area contributed by atoms with Gasteiger partial charge in [0.2, 0.25) is 5.91 Å². The largest absolute Gasteiger partial charge is 0.478 e. The molecule has 1 rings (SSSR count). The van der Waals surface area contributed by atoms with E-state index in [9.17, 15) is 9.59 Å². The summed E-state index contributed by atoms with van der Waals surface area (Å²) >= 11 is 1.27. The molecule has 0 aromatic heterocycles. The Kier molecular flexibility index (Phi) is 5.89. The van der Waals surface area contributed by atoms with E-state index in [1.807, 2.05) is 13.8 Å². The number of hydrogen-bond acceptors (Lipinski definition) is 3. The van der Waals surface area contributed by atoms with Gasteiger partial charge in [0, 0.05) is 10.9 Å². The number of nitrogens with one attached hydrogen (secondary N) is 1. The van der Waals surface area contributed by atoms with Crippen LogP contribution < -0.4 is 5.32 Å². The summed E-state index contributed by atoms with van der Waals surface area (Å²) in [4.78, 5) is 23.6. The van der Waals surface area contributed by atoms with Crippen LogP contribution in [0.1, 0.15) is 37.6 Å². The summed E-state index contributed by atoms with van der Waals surface area (Å²) in [5, 5.41) is 11.7. The van der Waals surface area contributed by atoms with Crippen LogP contribution in [0.15, 0.2) is 29.2 Å². The lowest BCUT2D eigenvalue weighted by Crippen LogP contribution is -2.37. The molecule has 0 fully saturated rings. The normalized spacial score (nSPS) is 13.6. The molecule has 5 heteroatoms. The van der Waals surface area contributed by atoms with Crippen molar-refractivity contribution in [2.75, 3.05) is 0 Å². The maximum Gasteiger partial charge on any atom is 0.336 e. The van der Waals surface area contributed by atoms with Gasteiger partial charge < -0.3 is 10.4 Å². The summed E-state index contributed by atoms with van der Waals surface area (Å²) in [5.41, 5.74) is 0.232. The van der Waals surface area contributed by atoms with Crippen molar-refractivity contribution in [2.45, 2.75) is 43.4 Å². The fraction of sp³-hybridized carbons (Fsp3) is 0.429. The molecule has 0 aliphatic rings. The predicted octanol–water partition coefficient (Wildman–Crippen LogP) is 2.78. The van der Waals surface area contributed by atoms with Crippen LogP contribution in [0.4, 0.5) is 0 Å². The minimum Gasteiger partial charge on any atom is -0.478 e. The van der Waals surface area contributed by atoms with Crippen LogP contribution >= 0.6 is 11.8 Å². The summed E-state index contributed by atoms with van der Waals surface area (Å²) < 4.78 is 0. The van der Waals surface area contributed by atoms with Gasteiger partial charge in [0.15, 0.2) is 0 Å². The number of aromatic carboxylic acids is 1. The molecule has 1 aromatic rings. The fourth-order valence-corrected chi connectivity index (χ4v) is 2.45. The Balaban J connectivity index is 2.74. The number of thioether (sulfide) groups is 1. The van der Waals surface area contributed by atoms with Crippen molar-refractivity contribution in [3.05, 3.63) is 29.8 Å². The van der Waals surface area contributed by atoms with Crippen LogP contribution in [-0.4, -0.2) is 28.3 Å². The second-order valence-corrected chi connectivity index (χ2v) is 5.76. The standard InChI is InChI=1S/C14H19NO3S/c1-4-9(2)15-13(16)10(3)19-12-8-6-5-7-11(12)14(17)18/h5-10H,4H2,1-3H3,(H,15,16)(H,17,18). The molecule has 0 aliphatic heterocycles. The predicted molar refractivity (Wildman–Crippen MR) is 76.6 cm³/mol. The van der Waals surface area contributed by atoms with Crippen LogP contribution in [0.3, 0.4) is 0 Å². The maximum atomic E-state index is 11.9. The molecule has 0 bridgehead atoms. The molecule has 1 amide bonds. The Morgan fingerprint density at radius 1 is 1.32 bits per heavy atom. The molecular formula is C14H19NO3S. The molecule has 0 aliphatic carbocycles. The van der Waals surface area contributed by atoms with Crippen LogP contribution in [0, 0.1) is 0 Å². The highest BCUT2D eigenvalue weighted by atomic mass is 32.2. The molecule has 2 atom stereocenters. The molecule has 2 N–H and O–H groups in total. The first-order valence-electron chi connectivity index (χ1n) is 6.25. The average Bonchev–Trinajstić information content (AvgIpc) is 2.38. The van der Waals surface area contributed by atoms with E-state index in [-0.39, 0.29) is 22.8 Å². The fourth-order valence-electron chi connectivity index (χ4n) is 1.45. The number of hydrogen-bond donors (Lipinski definition) is 2. The van der Waals surface area contributed by atoms with Gasteiger partial charge in [-0.1, -0.05) is 19.1 Å². The summed E-state index contributed by atoms with van der Waals surface area (Å²) in [6.07, 6.45) is 0.870. The number of amides is 1. The van der Waals surface area contributed by atoms with Crippen LogP contribution in [0.2, 0.25) is 0 Å². The maximum absolute atomic E-state index is 11.9. The third-order valence-electron chi connectivity index (χ3n) is 2.79. The Hall–Kier alpha value is -1.49. The van der Waals surface area contributed by atoms with Crippen molar-refractivity contribution in [2.24, 2.45) is 0 Å². The molecule has 0 radical (unpaired) electrons. The van der Waals surface area contributed by atoms with Gasteiger partial charge in [-0.15, -0.1) is 11.8 Å². The lowest BCUT2D eigenvalue weighted by molar-refractivity contribution is -0.120. The molecule has 2 unspecified atom stereocenters. The van der Waals surface area contributed by atoms with Gasteiger partial charge in [0.05, 0.1) is 10.8 Å². The van der Waals surface area contributed by atoms with Crippen molar-refractivity contribution >= 4 is 23.6 Å². The molecule has 104 valence electrons. The van der Waals surface area contributed by atoms with Crippen molar-refractivity contribution in [1.82, 2.24) is 5.32 Å². The summed E-state index contributed by atoms with van der Waals surface area (Å²) in [7, 11) is 0. The number of carboxylic acids is 1. The quantitative estimate of drug-likeness (QED) is 0.787. The number of rotatable bonds is 6. The SMILES string of the molecule is CCC(C)NC(=O)C(C)Sc1ccccc1C(=O)O. The monoisotopic (exact) mass is 281 g/mol. The molecule has 4 nitrogen and oxygen atoms in total. The van der Waals surface area contributed by atoms with Gasteiger partial charge in [-0.05, 0) is 32.4 Å². The number of benzene rings is 1. The second-order valence-electron chi connectivity index (χ2n) is 4.38. The average molecular weight is 281 g/mol. The minimum atomic E-state index is -0.974. The van der Waals surface area contributed by atoms with Crippen LogP contribution in [0.5, 0.6) is 0 Å². The lowest BCUT2D eigenvalue weighted by Gasteiger charge is -2.16. The topological polar surface area (TPSA) is 66.4 Å². The molecule has 19 heavy (non-hydrogen) atoms. The first-order chi connectivity index (χ1) is 8.95. The zero-order valence-electron chi connectivity index (χ0n) is 11.3. The van der Waals surface area contributed by atoms with Crippen molar-refractivity contribution < 1.29 is 14.7 Å². The van der Waals surface area contributed by atoms with E-state index in [4.69, 9.17) is 5.11 Å². The first-order valence-corrected chi connectivity index (χ1v) is 7.13. The number of carboxylic acid groups (broad SMARTS) is 1. The minimum absolute atomic E-state index is 0.0699. The summed E-state index contributed by atoms with van der Waals surface area (Å²) in [6.45, 7) is 5.73. The Morgan fingerprint density at radius 2 is 1.95 bits per heavy atom. The molecule has 0 heterocycles. The zero-order chi connectivity index (χ0) is 14.4. The molecular weight excluding hydrogens is 262 g/mol. The summed E-state index contributed by atoms with van der Waals surface area (Å²) in [6, 6.07) is 6.85. The highest BCUT2D eigenvalue weighted by Crippen LogP contribution is 2.27. The van der Waals surface area contributed by atoms with E-state index < -0.39 is 5.97 Å². The van der Waals surface area contributed by atoms with E-state index in [0.717, 1.165) is 6.42 Å². The molecule has 0 saturated carbocycles. The smallest absolute Gasteiger partial charge is 0.336 e. The molecule has 0 spiro atoms. The van der Waals surface area contributed by atoms with E-state index in [2.05, 4.69) is 5.32 Å². The summed E-state index contributed by atoms with van der Waals surface area (Å²) in [5.74, 6) is -1.04. The van der Waals surface area contributed by atoms with E-state index in [0.29, 0.717) is 4.90 Å². The van der Waals surface area contributed by atoms with Crippen LogP contribution in [-0.2, 0) is 4.79 Å². The highest BCUT2D eigenvalue weighted by molar-refractivity contribution is 8.00. The third-order valence-corrected chi connectivity index (χ3v) is 3.97. The Morgan fingerprint density at radius 3 is 2.53 bits per heavy atom. The highest BCUT2D eigenvalue weighted by Gasteiger charge is 2.18. The zero-order valence-corrected chi connectivity index (χ0v) is 12.2. The van der Waals surface area contributed by atoms with Gasteiger partial charge in [0.1, 0.15) is 0 Å². The van der Waals surface area contributed by atoms with Gasteiger partial charge in [-0.2, -0.15) is 0 Å². The first kappa shape index (κ1) is 15.6. The third kappa shape index (κ3) is 4.59. The van der Waals surface area contributed by atoms with Gasteiger partial charge in [0.25, 0.3) is 0 Å². The number of carbonyl (C=O) groups excluding carboxylic acids is 1. The van der Waals surface area contributed by atoms with Crippen LogP contribution in [0.25, 0.3) is 0 Å². The Labute approximate surface area is 117 Å². The second kappa shape index (κ2) is 7.19. The van der Waals surface area contributed by atoms with E-state index in [1.165, 1.54) is 11.8 Å². The van der Waals surface area contributed by atoms with Gasteiger partial charge >= 0.3 is 5.97 Å². The molecule has 1 aromatic carbocycles. The van der Waals surface area contributed by atoms with Crippen molar-refractivity contribution in [3.63, 3.8) is 0 Å². The Bertz CT molecular complexity index is 462. The van der Waals surface area contributed by atoms with E-state index in [1.54, 1.807) is 31.2 Å². The van der Waals surface area contributed by atoms with Crippen molar-refractivity contribution in [3.8, 4) is 0 Å². The van der Waals surface area contributed by atoms with Gasteiger partial charge in [-0.3, -0.25) is 4.79 Å². The van der Waals surface area contributed by atoms with E-state index >= 15 is 0 Å². The lowest BCUT2D eigenvalue weighted by atomic mass is 10.2. The molecule has 0 saturated heterocycles. The van der Waals surface area contributed by atoms with Crippen molar-refractivity contribution in [1.29, 1.82) is 0 Å². The number of carbonyl (C=O) groups is 2. The van der Waals surface area contributed by atoms with Gasteiger partial charge in [-0.25, -0.2) is 4.79 Å².